The number of nitrogens with zero attached hydrogens (tertiary/aromatic N) is 1. The number of hydrogen-bond donors (Lipinski definition) is 2. The van der Waals surface area contributed by atoms with Gasteiger partial charge in [-0.2, -0.15) is 0 Å². The molecule has 0 aromatic heterocycles. The number of hydrogen-bond acceptors (Lipinski definition) is 5. The standard InChI is InChI=1S/C14H21N3O3.ClH/c1-17(11-7-15-8-11)9-14(18)16-10-4-12(19-2)6-13(5-10)20-3;/h4-6,11,15H,7-9H2,1-3H3,(H,16,18);1H. The lowest BCUT2D eigenvalue weighted by Crippen LogP contribution is -2.57. The van der Waals surface area contributed by atoms with Crippen LogP contribution in [0.4, 0.5) is 5.69 Å². The van der Waals surface area contributed by atoms with E-state index in [0.29, 0.717) is 29.8 Å². The average molecular weight is 316 g/mol. The van der Waals surface area contributed by atoms with Crippen LogP contribution in [-0.4, -0.2) is 57.8 Å². The highest BCUT2D eigenvalue weighted by Gasteiger charge is 2.22. The lowest BCUT2D eigenvalue weighted by molar-refractivity contribution is -0.117. The van der Waals surface area contributed by atoms with Gasteiger partial charge in [0.05, 0.1) is 20.8 Å². The first-order valence-electron chi connectivity index (χ1n) is 6.56. The summed E-state index contributed by atoms with van der Waals surface area (Å²) in [4.78, 5) is 14.1. The molecule has 0 unspecified atom stereocenters. The first-order chi connectivity index (χ1) is 9.62. The number of halogens is 1. The van der Waals surface area contributed by atoms with Crippen LogP contribution in [0.5, 0.6) is 11.5 Å². The van der Waals surface area contributed by atoms with E-state index in [9.17, 15) is 4.79 Å². The summed E-state index contributed by atoms with van der Waals surface area (Å²) >= 11 is 0. The number of anilines is 1. The highest BCUT2D eigenvalue weighted by Crippen LogP contribution is 2.25. The molecule has 1 aliphatic heterocycles. The molecular weight excluding hydrogens is 294 g/mol. The van der Waals surface area contributed by atoms with Gasteiger partial charge in [0.2, 0.25) is 5.91 Å². The van der Waals surface area contributed by atoms with Crippen molar-refractivity contribution in [1.29, 1.82) is 0 Å². The molecule has 0 spiro atoms. The number of likely N-dealkylation sites (N-methyl/N-ethyl adjacent to an activating group) is 1. The van der Waals surface area contributed by atoms with Crippen molar-refractivity contribution >= 4 is 24.0 Å². The third-order valence-corrected chi connectivity index (χ3v) is 3.41. The number of rotatable bonds is 6. The SMILES string of the molecule is COc1cc(NC(=O)CN(C)C2CNC2)cc(OC)c1.Cl. The maximum absolute atomic E-state index is 12.0. The molecule has 2 N–H and O–H groups in total. The molecule has 0 radical (unpaired) electrons. The van der Waals surface area contributed by atoms with Crippen LogP contribution >= 0.6 is 12.4 Å². The molecule has 0 saturated carbocycles. The van der Waals surface area contributed by atoms with Gasteiger partial charge in [0.25, 0.3) is 0 Å². The maximum atomic E-state index is 12.0. The maximum Gasteiger partial charge on any atom is 0.238 e. The molecule has 1 aromatic rings. The highest BCUT2D eigenvalue weighted by molar-refractivity contribution is 5.92. The van der Waals surface area contributed by atoms with Crippen molar-refractivity contribution in [3.8, 4) is 11.5 Å². The number of benzene rings is 1. The van der Waals surface area contributed by atoms with E-state index >= 15 is 0 Å². The minimum Gasteiger partial charge on any atom is -0.497 e. The number of carbonyl (C=O) groups is 1. The van der Waals surface area contributed by atoms with Crippen molar-refractivity contribution in [3.05, 3.63) is 18.2 Å². The molecule has 1 heterocycles. The quantitative estimate of drug-likeness (QED) is 0.819. The molecule has 1 aromatic carbocycles. The predicted molar refractivity (Wildman–Crippen MR) is 84.7 cm³/mol. The predicted octanol–water partition coefficient (Wildman–Crippen LogP) is 0.968. The summed E-state index contributed by atoms with van der Waals surface area (Å²) in [5.74, 6) is 1.25. The molecular formula is C14H22ClN3O3. The largest absolute Gasteiger partial charge is 0.497 e. The van der Waals surface area contributed by atoms with Crippen LogP contribution in [0.15, 0.2) is 18.2 Å². The third kappa shape index (κ3) is 4.77. The van der Waals surface area contributed by atoms with Crippen LogP contribution in [0.2, 0.25) is 0 Å². The Labute approximate surface area is 131 Å². The van der Waals surface area contributed by atoms with Crippen molar-refractivity contribution in [2.24, 2.45) is 0 Å². The Morgan fingerprint density at radius 1 is 1.29 bits per heavy atom. The van der Waals surface area contributed by atoms with Crippen LogP contribution in [-0.2, 0) is 4.79 Å². The van der Waals surface area contributed by atoms with Gasteiger partial charge in [-0.15, -0.1) is 12.4 Å². The smallest absolute Gasteiger partial charge is 0.238 e. The number of methoxy groups -OCH3 is 2. The monoisotopic (exact) mass is 315 g/mol. The van der Waals surface area contributed by atoms with Gasteiger partial charge in [0, 0.05) is 43.0 Å². The Morgan fingerprint density at radius 3 is 2.29 bits per heavy atom. The molecule has 7 heteroatoms. The summed E-state index contributed by atoms with van der Waals surface area (Å²) in [7, 11) is 5.12. The fourth-order valence-corrected chi connectivity index (χ4v) is 2.02. The topological polar surface area (TPSA) is 62.8 Å². The van der Waals surface area contributed by atoms with E-state index in [1.165, 1.54) is 0 Å². The number of nitrogens with one attached hydrogen (secondary N) is 2. The Kier molecular flexibility index (Phi) is 6.74. The van der Waals surface area contributed by atoms with E-state index < -0.39 is 0 Å². The summed E-state index contributed by atoms with van der Waals surface area (Å²) < 4.78 is 10.3. The van der Waals surface area contributed by atoms with Crippen LogP contribution in [0.1, 0.15) is 0 Å². The molecule has 1 saturated heterocycles. The van der Waals surface area contributed by atoms with Gasteiger partial charge in [-0.25, -0.2) is 0 Å². The van der Waals surface area contributed by atoms with Crippen LogP contribution in [0.25, 0.3) is 0 Å². The number of amides is 1. The van der Waals surface area contributed by atoms with Gasteiger partial charge in [0.15, 0.2) is 0 Å². The van der Waals surface area contributed by atoms with Crippen LogP contribution in [0.3, 0.4) is 0 Å². The minimum atomic E-state index is -0.0466. The Hall–Kier alpha value is -1.50. The van der Waals surface area contributed by atoms with E-state index in [1.54, 1.807) is 32.4 Å². The van der Waals surface area contributed by atoms with E-state index in [1.807, 2.05) is 11.9 Å². The summed E-state index contributed by atoms with van der Waals surface area (Å²) in [5.41, 5.74) is 0.673. The van der Waals surface area contributed by atoms with Gasteiger partial charge in [-0.1, -0.05) is 0 Å². The third-order valence-electron chi connectivity index (χ3n) is 3.41. The summed E-state index contributed by atoms with van der Waals surface area (Å²) in [6.07, 6.45) is 0. The fourth-order valence-electron chi connectivity index (χ4n) is 2.02. The second-order valence-electron chi connectivity index (χ2n) is 4.88. The minimum absolute atomic E-state index is 0. The van der Waals surface area contributed by atoms with E-state index in [2.05, 4.69) is 10.6 Å². The fraction of sp³-hybridized carbons (Fsp3) is 0.500. The summed E-state index contributed by atoms with van der Waals surface area (Å²) in [6, 6.07) is 5.75. The van der Waals surface area contributed by atoms with Crippen molar-refractivity contribution in [1.82, 2.24) is 10.2 Å². The van der Waals surface area contributed by atoms with E-state index in [0.717, 1.165) is 13.1 Å². The molecule has 21 heavy (non-hydrogen) atoms. The summed E-state index contributed by atoms with van der Waals surface area (Å²) in [5, 5.41) is 6.05. The van der Waals surface area contributed by atoms with Crippen molar-refractivity contribution < 1.29 is 14.3 Å². The number of ether oxygens (including phenoxy) is 2. The second kappa shape index (κ2) is 8.07. The van der Waals surface area contributed by atoms with Gasteiger partial charge in [0.1, 0.15) is 11.5 Å². The van der Waals surface area contributed by atoms with Gasteiger partial charge in [-0.05, 0) is 7.05 Å². The number of carbonyl (C=O) groups excluding carboxylic acids is 1. The Morgan fingerprint density at radius 2 is 1.86 bits per heavy atom. The normalized spacial score (nSPS) is 14.1. The van der Waals surface area contributed by atoms with E-state index in [-0.39, 0.29) is 18.3 Å². The van der Waals surface area contributed by atoms with Gasteiger partial charge >= 0.3 is 0 Å². The Bertz CT molecular complexity index is 458. The lowest BCUT2D eigenvalue weighted by atomic mass is 10.1. The first-order valence-corrected chi connectivity index (χ1v) is 6.56. The van der Waals surface area contributed by atoms with E-state index in [4.69, 9.17) is 9.47 Å². The molecule has 2 rings (SSSR count). The molecule has 0 aliphatic carbocycles. The van der Waals surface area contributed by atoms with Crippen molar-refractivity contribution in [2.45, 2.75) is 6.04 Å². The average Bonchev–Trinajstić information content (AvgIpc) is 2.35. The molecule has 0 atom stereocenters. The Balaban J connectivity index is 0.00000220. The summed E-state index contributed by atoms with van der Waals surface area (Å²) in [6.45, 7) is 2.25. The zero-order valence-electron chi connectivity index (χ0n) is 12.5. The second-order valence-corrected chi connectivity index (χ2v) is 4.88. The van der Waals surface area contributed by atoms with Crippen molar-refractivity contribution in [2.75, 3.05) is 46.2 Å². The first kappa shape index (κ1) is 17.6. The molecule has 6 nitrogen and oxygen atoms in total. The lowest BCUT2D eigenvalue weighted by Gasteiger charge is -2.35. The molecule has 1 aliphatic rings. The van der Waals surface area contributed by atoms with Crippen LogP contribution < -0.4 is 20.1 Å². The van der Waals surface area contributed by atoms with Crippen LogP contribution in [0, 0.1) is 0 Å². The molecule has 1 fully saturated rings. The molecule has 0 bridgehead atoms. The highest BCUT2D eigenvalue weighted by atomic mass is 35.5. The zero-order chi connectivity index (χ0) is 14.5. The molecule has 118 valence electrons. The molecule has 1 amide bonds. The van der Waals surface area contributed by atoms with Gasteiger partial charge < -0.3 is 20.1 Å². The van der Waals surface area contributed by atoms with Crippen molar-refractivity contribution in [3.63, 3.8) is 0 Å². The van der Waals surface area contributed by atoms with Gasteiger partial charge in [-0.3, -0.25) is 9.69 Å². The zero-order valence-corrected chi connectivity index (χ0v) is 13.3.